The van der Waals surface area contributed by atoms with E-state index >= 15 is 0 Å². The second-order valence-electron chi connectivity index (χ2n) is 6.53. The van der Waals surface area contributed by atoms with Crippen molar-refractivity contribution in [3.05, 3.63) is 121 Å². The largest absolute Gasteiger partial charge is 0.457 e. The molecule has 0 aliphatic carbocycles. The number of amides is 1. The molecule has 0 saturated heterocycles. The molecule has 4 heteroatoms. The van der Waals surface area contributed by atoms with Crippen LogP contribution in [0.25, 0.3) is 0 Å². The van der Waals surface area contributed by atoms with Gasteiger partial charge in [0.2, 0.25) is 0 Å². The van der Waals surface area contributed by atoms with Crippen LogP contribution in [0.3, 0.4) is 0 Å². The first-order chi connectivity index (χ1) is 14.3. The molecule has 29 heavy (non-hydrogen) atoms. The van der Waals surface area contributed by atoms with Crippen molar-refractivity contribution >= 4 is 11.6 Å². The van der Waals surface area contributed by atoms with Gasteiger partial charge in [-0.05, 0) is 54.1 Å². The van der Waals surface area contributed by atoms with Crippen LogP contribution in [0.4, 0.5) is 5.69 Å². The standard InChI is InChI=1S/C25H20N2O2/c28-25(21-8-7-17-26-18-21)27(22-9-3-1-4-10-22)19-20-13-15-24(16-14-20)29-23-11-5-2-6-12-23/h1-18H,19H2. The van der Waals surface area contributed by atoms with Crippen molar-refractivity contribution in [3.63, 3.8) is 0 Å². The highest BCUT2D eigenvalue weighted by Crippen LogP contribution is 2.24. The van der Waals surface area contributed by atoms with Gasteiger partial charge in [-0.25, -0.2) is 0 Å². The summed E-state index contributed by atoms with van der Waals surface area (Å²) in [4.78, 5) is 18.9. The SMILES string of the molecule is O=C(c1cccnc1)N(Cc1ccc(Oc2ccccc2)cc1)c1ccccc1. The van der Waals surface area contributed by atoms with Crippen molar-refractivity contribution in [2.24, 2.45) is 0 Å². The van der Waals surface area contributed by atoms with Gasteiger partial charge in [0.25, 0.3) is 5.91 Å². The fourth-order valence-corrected chi connectivity index (χ4v) is 3.00. The highest BCUT2D eigenvalue weighted by molar-refractivity contribution is 6.05. The molecule has 1 amide bonds. The van der Waals surface area contributed by atoms with E-state index in [1.54, 1.807) is 29.4 Å². The molecule has 4 rings (SSSR count). The summed E-state index contributed by atoms with van der Waals surface area (Å²) < 4.78 is 5.85. The predicted molar refractivity (Wildman–Crippen MR) is 114 cm³/mol. The van der Waals surface area contributed by atoms with Gasteiger partial charge in [-0.15, -0.1) is 0 Å². The topological polar surface area (TPSA) is 42.4 Å². The Morgan fingerprint density at radius 2 is 1.41 bits per heavy atom. The van der Waals surface area contributed by atoms with Gasteiger partial charge in [0, 0.05) is 18.1 Å². The minimum atomic E-state index is -0.0890. The maximum absolute atomic E-state index is 13.1. The van der Waals surface area contributed by atoms with Crippen molar-refractivity contribution in [2.75, 3.05) is 4.90 Å². The van der Waals surface area contributed by atoms with Gasteiger partial charge < -0.3 is 9.64 Å². The van der Waals surface area contributed by atoms with Crippen molar-refractivity contribution < 1.29 is 9.53 Å². The number of pyridine rings is 1. The average molecular weight is 380 g/mol. The van der Waals surface area contributed by atoms with Crippen molar-refractivity contribution in [1.82, 2.24) is 4.98 Å². The number of rotatable bonds is 6. The Bertz CT molecular complexity index is 1050. The lowest BCUT2D eigenvalue weighted by Crippen LogP contribution is -2.30. The van der Waals surface area contributed by atoms with E-state index in [0.29, 0.717) is 12.1 Å². The second kappa shape index (κ2) is 8.85. The van der Waals surface area contributed by atoms with Crippen LogP contribution in [0.15, 0.2) is 109 Å². The molecule has 0 aliphatic rings. The normalized spacial score (nSPS) is 10.3. The highest BCUT2D eigenvalue weighted by atomic mass is 16.5. The van der Waals surface area contributed by atoms with Crippen molar-refractivity contribution in [1.29, 1.82) is 0 Å². The van der Waals surface area contributed by atoms with E-state index in [0.717, 1.165) is 22.7 Å². The van der Waals surface area contributed by atoms with Crippen LogP contribution in [0.2, 0.25) is 0 Å². The molecule has 0 N–H and O–H groups in total. The third kappa shape index (κ3) is 4.68. The van der Waals surface area contributed by atoms with Crippen LogP contribution in [-0.2, 0) is 6.54 Å². The Labute approximate surface area is 170 Å². The molecule has 0 fully saturated rings. The van der Waals surface area contributed by atoms with Gasteiger partial charge in [-0.2, -0.15) is 0 Å². The minimum absolute atomic E-state index is 0.0890. The van der Waals surface area contributed by atoms with Crippen molar-refractivity contribution in [3.8, 4) is 11.5 Å². The molecular formula is C25H20N2O2. The Morgan fingerprint density at radius 3 is 2.07 bits per heavy atom. The summed E-state index contributed by atoms with van der Waals surface area (Å²) in [6.07, 6.45) is 3.25. The van der Waals surface area contributed by atoms with Gasteiger partial charge in [-0.3, -0.25) is 9.78 Å². The van der Waals surface area contributed by atoms with Crippen LogP contribution >= 0.6 is 0 Å². The zero-order valence-corrected chi connectivity index (χ0v) is 15.8. The Kier molecular flexibility index (Phi) is 5.63. The average Bonchev–Trinajstić information content (AvgIpc) is 2.80. The Hall–Kier alpha value is -3.92. The molecule has 0 bridgehead atoms. The number of hydrogen-bond donors (Lipinski definition) is 0. The number of para-hydroxylation sites is 2. The molecule has 0 aliphatic heterocycles. The summed E-state index contributed by atoms with van der Waals surface area (Å²) in [6, 6.07) is 30.6. The van der Waals surface area contributed by atoms with Crippen LogP contribution in [-0.4, -0.2) is 10.9 Å². The molecule has 0 saturated carbocycles. The predicted octanol–water partition coefficient (Wildman–Crippen LogP) is 5.72. The maximum Gasteiger partial charge on any atom is 0.260 e. The van der Waals surface area contributed by atoms with Gasteiger partial charge in [0.05, 0.1) is 12.1 Å². The van der Waals surface area contributed by atoms with E-state index in [1.165, 1.54) is 0 Å². The molecule has 142 valence electrons. The molecule has 1 aromatic heterocycles. The number of hydrogen-bond acceptors (Lipinski definition) is 3. The summed E-state index contributed by atoms with van der Waals surface area (Å²) in [5.41, 5.74) is 2.40. The smallest absolute Gasteiger partial charge is 0.260 e. The summed E-state index contributed by atoms with van der Waals surface area (Å²) in [6.45, 7) is 0.448. The number of ether oxygens (including phenoxy) is 1. The lowest BCUT2D eigenvalue weighted by Gasteiger charge is -2.23. The molecule has 0 unspecified atom stereocenters. The first kappa shape index (κ1) is 18.4. The van der Waals surface area contributed by atoms with Gasteiger partial charge in [0.15, 0.2) is 0 Å². The van der Waals surface area contributed by atoms with E-state index in [4.69, 9.17) is 4.74 Å². The summed E-state index contributed by atoms with van der Waals surface area (Å²) in [5.74, 6) is 1.46. The van der Waals surface area contributed by atoms with Crippen LogP contribution in [0, 0.1) is 0 Å². The van der Waals surface area contributed by atoms with E-state index in [-0.39, 0.29) is 5.91 Å². The van der Waals surface area contributed by atoms with E-state index in [2.05, 4.69) is 4.98 Å². The summed E-state index contributed by atoms with van der Waals surface area (Å²) >= 11 is 0. The third-order valence-electron chi connectivity index (χ3n) is 4.46. The number of carbonyl (C=O) groups excluding carboxylic acids is 1. The van der Waals surface area contributed by atoms with Gasteiger partial charge >= 0.3 is 0 Å². The fraction of sp³-hybridized carbons (Fsp3) is 0.0400. The minimum Gasteiger partial charge on any atom is -0.457 e. The number of nitrogens with zero attached hydrogens (tertiary/aromatic N) is 2. The highest BCUT2D eigenvalue weighted by Gasteiger charge is 2.18. The maximum atomic E-state index is 13.1. The van der Waals surface area contributed by atoms with Crippen LogP contribution in [0.5, 0.6) is 11.5 Å². The molecular weight excluding hydrogens is 360 g/mol. The second-order valence-corrected chi connectivity index (χ2v) is 6.53. The first-order valence-corrected chi connectivity index (χ1v) is 9.38. The van der Waals surface area contributed by atoms with Crippen molar-refractivity contribution in [2.45, 2.75) is 6.54 Å². The molecule has 0 radical (unpaired) electrons. The zero-order valence-electron chi connectivity index (χ0n) is 15.8. The molecule has 0 spiro atoms. The summed E-state index contributed by atoms with van der Waals surface area (Å²) in [5, 5.41) is 0. The Morgan fingerprint density at radius 1 is 0.759 bits per heavy atom. The third-order valence-corrected chi connectivity index (χ3v) is 4.46. The van der Waals surface area contributed by atoms with E-state index in [1.807, 2.05) is 84.9 Å². The zero-order chi connectivity index (χ0) is 19.9. The van der Waals surface area contributed by atoms with E-state index < -0.39 is 0 Å². The summed E-state index contributed by atoms with van der Waals surface area (Å²) in [7, 11) is 0. The van der Waals surface area contributed by atoms with Crippen LogP contribution in [0.1, 0.15) is 15.9 Å². The van der Waals surface area contributed by atoms with Crippen LogP contribution < -0.4 is 9.64 Å². The number of carbonyl (C=O) groups is 1. The lowest BCUT2D eigenvalue weighted by molar-refractivity contribution is 0.0985. The van der Waals surface area contributed by atoms with Gasteiger partial charge in [-0.1, -0.05) is 48.5 Å². The number of aromatic nitrogens is 1. The number of benzene rings is 3. The molecule has 1 heterocycles. The molecule has 4 aromatic rings. The molecule has 0 atom stereocenters. The van der Waals surface area contributed by atoms with Gasteiger partial charge in [0.1, 0.15) is 11.5 Å². The fourth-order valence-electron chi connectivity index (χ4n) is 3.00. The quantitative estimate of drug-likeness (QED) is 0.429. The molecule has 4 nitrogen and oxygen atoms in total. The first-order valence-electron chi connectivity index (χ1n) is 9.38. The monoisotopic (exact) mass is 380 g/mol. The Balaban J connectivity index is 1.55. The van der Waals surface area contributed by atoms with E-state index in [9.17, 15) is 4.79 Å². The lowest BCUT2D eigenvalue weighted by atomic mass is 10.1. The molecule has 3 aromatic carbocycles. The number of anilines is 1.